The largest absolute Gasteiger partial charge is 0.433 e. The Labute approximate surface area is 156 Å². The lowest BCUT2D eigenvalue weighted by molar-refractivity contribution is -0.141. The molecule has 3 nitrogen and oxygen atoms in total. The zero-order valence-corrected chi connectivity index (χ0v) is 15.9. The van der Waals surface area contributed by atoms with E-state index >= 15 is 0 Å². The van der Waals surface area contributed by atoms with Gasteiger partial charge in [0, 0.05) is 12.5 Å². The van der Waals surface area contributed by atoms with Gasteiger partial charge in [-0.15, -0.1) is 0 Å². The molecular formula is C20H20F3NO2S. The molecule has 27 heavy (non-hydrogen) atoms. The van der Waals surface area contributed by atoms with E-state index in [2.05, 4.69) is 11.9 Å². The summed E-state index contributed by atoms with van der Waals surface area (Å²) in [7, 11) is -3.28. The maximum Gasteiger partial charge on any atom is 0.433 e. The van der Waals surface area contributed by atoms with Crippen LogP contribution < -0.4 is 0 Å². The second-order valence-electron chi connectivity index (χ2n) is 6.87. The van der Waals surface area contributed by atoms with Crippen LogP contribution in [0.25, 0.3) is 11.1 Å². The molecule has 0 spiro atoms. The quantitative estimate of drug-likeness (QED) is 0.712. The van der Waals surface area contributed by atoms with Crippen LogP contribution in [0.5, 0.6) is 0 Å². The Hall–Kier alpha value is -2.15. The van der Waals surface area contributed by atoms with Gasteiger partial charge in [-0.25, -0.2) is 8.42 Å². The van der Waals surface area contributed by atoms with Crippen LogP contribution in [0.1, 0.15) is 43.0 Å². The minimum atomic E-state index is -4.46. The van der Waals surface area contributed by atoms with Crippen molar-refractivity contribution in [2.75, 3.05) is 6.26 Å². The molecule has 0 bridgehead atoms. The fourth-order valence-corrected chi connectivity index (χ4v) is 4.04. The summed E-state index contributed by atoms with van der Waals surface area (Å²) in [6, 6.07) is 9.14. The Balaban J connectivity index is 2.01. The van der Waals surface area contributed by atoms with Crippen LogP contribution in [0, 0.1) is 5.92 Å². The van der Waals surface area contributed by atoms with Crippen LogP contribution in [0.3, 0.4) is 0 Å². The van der Waals surface area contributed by atoms with Crippen LogP contribution in [0.2, 0.25) is 0 Å². The predicted molar refractivity (Wildman–Crippen MR) is 98.6 cm³/mol. The van der Waals surface area contributed by atoms with Crippen molar-refractivity contribution in [2.24, 2.45) is 5.92 Å². The molecule has 1 aromatic heterocycles. The third-order valence-corrected chi connectivity index (χ3v) is 6.09. The van der Waals surface area contributed by atoms with Gasteiger partial charge in [-0.1, -0.05) is 31.5 Å². The molecular weight excluding hydrogens is 375 g/mol. The molecule has 1 atom stereocenters. The van der Waals surface area contributed by atoms with Gasteiger partial charge in [0.2, 0.25) is 0 Å². The van der Waals surface area contributed by atoms with Gasteiger partial charge in [0.15, 0.2) is 9.84 Å². The van der Waals surface area contributed by atoms with Crippen molar-refractivity contribution in [2.45, 2.75) is 37.3 Å². The van der Waals surface area contributed by atoms with Crippen molar-refractivity contribution in [3.63, 3.8) is 0 Å². The van der Waals surface area contributed by atoms with Crippen molar-refractivity contribution < 1.29 is 21.6 Å². The first-order valence-corrected chi connectivity index (χ1v) is 10.5. The fourth-order valence-electron chi connectivity index (χ4n) is 3.41. The standard InChI is InChI=1S/C20H20F3NO2S/c1-3-13-10-17(14-4-7-16(8-5-14)27(2,25)26)18(11-13)15-6-9-19(24-12-15)20(21,22)23/h4-9,12-13H,3,10-11H2,1-2H3. The van der Waals surface area contributed by atoms with Gasteiger partial charge >= 0.3 is 6.18 Å². The number of hydrogen-bond acceptors (Lipinski definition) is 3. The molecule has 0 saturated carbocycles. The number of aromatic nitrogens is 1. The summed E-state index contributed by atoms with van der Waals surface area (Å²) in [5, 5.41) is 0. The molecule has 3 rings (SSSR count). The summed E-state index contributed by atoms with van der Waals surface area (Å²) < 4.78 is 61.6. The number of benzene rings is 1. The van der Waals surface area contributed by atoms with E-state index in [9.17, 15) is 21.6 Å². The first kappa shape index (κ1) is 19.6. The molecule has 2 aromatic rings. The van der Waals surface area contributed by atoms with Gasteiger partial charge in [0.05, 0.1) is 4.90 Å². The maximum absolute atomic E-state index is 12.8. The highest BCUT2D eigenvalue weighted by Gasteiger charge is 2.32. The van der Waals surface area contributed by atoms with Gasteiger partial charge in [-0.05, 0) is 59.2 Å². The molecule has 1 aliphatic rings. The zero-order valence-electron chi connectivity index (χ0n) is 15.0. The summed E-state index contributed by atoms with van der Waals surface area (Å²) >= 11 is 0. The van der Waals surface area contributed by atoms with Crippen LogP contribution in [-0.2, 0) is 16.0 Å². The average Bonchev–Trinajstić information content (AvgIpc) is 3.05. The molecule has 1 aromatic carbocycles. The van der Waals surface area contributed by atoms with E-state index in [4.69, 9.17) is 0 Å². The monoisotopic (exact) mass is 395 g/mol. The van der Waals surface area contributed by atoms with E-state index in [-0.39, 0.29) is 4.90 Å². The van der Waals surface area contributed by atoms with E-state index in [0.29, 0.717) is 11.5 Å². The van der Waals surface area contributed by atoms with Crippen molar-refractivity contribution in [1.29, 1.82) is 0 Å². The molecule has 1 unspecified atom stereocenters. The first-order chi connectivity index (χ1) is 12.6. The topological polar surface area (TPSA) is 47.0 Å². The van der Waals surface area contributed by atoms with Gasteiger partial charge in [-0.3, -0.25) is 4.98 Å². The average molecular weight is 395 g/mol. The summed E-state index contributed by atoms with van der Waals surface area (Å²) in [5.74, 6) is 0.409. The molecule has 0 N–H and O–H groups in total. The Kier molecular flexibility index (Phi) is 5.16. The number of hydrogen-bond donors (Lipinski definition) is 0. The second kappa shape index (κ2) is 7.11. The van der Waals surface area contributed by atoms with Crippen molar-refractivity contribution in [3.05, 3.63) is 59.4 Å². The fraction of sp³-hybridized carbons (Fsp3) is 0.350. The van der Waals surface area contributed by atoms with E-state index in [1.165, 1.54) is 12.3 Å². The Bertz CT molecular complexity index is 960. The minimum Gasteiger partial charge on any atom is -0.251 e. The van der Waals surface area contributed by atoms with Crippen LogP contribution >= 0.6 is 0 Å². The molecule has 1 aliphatic carbocycles. The lowest BCUT2D eigenvalue weighted by Gasteiger charge is -2.10. The van der Waals surface area contributed by atoms with Gasteiger partial charge < -0.3 is 0 Å². The van der Waals surface area contributed by atoms with Gasteiger partial charge in [0.1, 0.15) is 5.69 Å². The van der Waals surface area contributed by atoms with Crippen molar-refractivity contribution in [1.82, 2.24) is 4.98 Å². The Morgan fingerprint density at radius 2 is 1.56 bits per heavy atom. The van der Waals surface area contributed by atoms with E-state index in [1.807, 2.05) is 0 Å². The smallest absolute Gasteiger partial charge is 0.251 e. The number of halogens is 3. The maximum atomic E-state index is 12.8. The molecule has 0 fully saturated rings. The number of pyridine rings is 1. The lowest BCUT2D eigenvalue weighted by atomic mass is 9.98. The lowest BCUT2D eigenvalue weighted by Crippen LogP contribution is -2.07. The van der Waals surface area contributed by atoms with Crippen LogP contribution in [0.15, 0.2) is 47.5 Å². The summed E-state index contributed by atoms with van der Waals surface area (Å²) in [4.78, 5) is 3.83. The molecule has 0 radical (unpaired) electrons. The third kappa shape index (κ3) is 4.24. The van der Waals surface area contributed by atoms with E-state index < -0.39 is 21.7 Å². The van der Waals surface area contributed by atoms with Crippen molar-refractivity contribution >= 4 is 21.0 Å². The molecule has 0 saturated heterocycles. The Morgan fingerprint density at radius 1 is 1.00 bits per heavy atom. The third-order valence-electron chi connectivity index (χ3n) is 4.96. The molecule has 144 valence electrons. The summed E-state index contributed by atoms with van der Waals surface area (Å²) in [6.07, 6.45) is 0.517. The highest BCUT2D eigenvalue weighted by molar-refractivity contribution is 7.90. The number of allylic oxidation sites excluding steroid dienone is 2. The second-order valence-corrected chi connectivity index (χ2v) is 8.88. The summed E-state index contributed by atoms with van der Waals surface area (Å²) in [6.45, 7) is 2.09. The molecule has 7 heteroatoms. The number of nitrogens with zero attached hydrogens (tertiary/aromatic N) is 1. The zero-order chi connectivity index (χ0) is 19.8. The predicted octanol–water partition coefficient (Wildman–Crippen LogP) is 5.23. The van der Waals surface area contributed by atoms with Crippen molar-refractivity contribution in [3.8, 4) is 0 Å². The van der Waals surface area contributed by atoms with Gasteiger partial charge in [-0.2, -0.15) is 13.2 Å². The molecule has 1 heterocycles. The number of rotatable bonds is 4. The number of alkyl halides is 3. The molecule has 0 amide bonds. The highest BCUT2D eigenvalue weighted by Crippen LogP contribution is 2.44. The van der Waals surface area contributed by atoms with Crippen LogP contribution in [-0.4, -0.2) is 19.7 Å². The highest BCUT2D eigenvalue weighted by atomic mass is 32.2. The number of sulfone groups is 1. The van der Waals surface area contributed by atoms with Gasteiger partial charge in [0.25, 0.3) is 0 Å². The SMILES string of the molecule is CCC1CC(c2ccc(S(C)(=O)=O)cc2)=C(c2ccc(C(F)(F)F)nc2)C1. The van der Waals surface area contributed by atoms with E-state index in [1.54, 1.807) is 24.3 Å². The van der Waals surface area contributed by atoms with Crippen LogP contribution in [0.4, 0.5) is 13.2 Å². The normalized spacial score (nSPS) is 18.2. The molecule has 0 aliphatic heterocycles. The Morgan fingerprint density at radius 3 is 2.00 bits per heavy atom. The first-order valence-electron chi connectivity index (χ1n) is 8.65. The minimum absolute atomic E-state index is 0.245. The summed E-state index contributed by atoms with van der Waals surface area (Å²) in [5.41, 5.74) is 2.70. The van der Waals surface area contributed by atoms with E-state index in [0.717, 1.165) is 48.3 Å².